The molecule has 1 aliphatic rings. The van der Waals surface area contributed by atoms with E-state index in [9.17, 15) is 0 Å². The Bertz CT molecular complexity index is 118. The van der Waals surface area contributed by atoms with Gasteiger partial charge in [0.2, 0.25) is 0 Å². The zero-order valence-corrected chi connectivity index (χ0v) is 8.19. The van der Waals surface area contributed by atoms with Crippen LogP contribution in [0.5, 0.6) is 0 Å². The molecule has 66 valence electrons. The molecule has 0 aromatic rings. The van der Waals surface area contributed by atoms with Crippen LogP contribution in [-0.2, 0) is 0 Å². The maximum Gasteiger partial charge on any atom is 0.00326 e. The Balaban J connectivity index is 2.47. The van der Waals surface area contributed by atoms with E-state index >= 15 is 0 Å². The van der Waals surface area contributed by atoms with Crippen molar-refractivity contribution in [1.29, 1.82) is 0 Å². The van der Waals surface area contributed by atoms with Gasteiger partial charge in [0.1, 0.15) is 0 Å². The minimum Gasteiger partial charge on any atom is -0.303 e. The second-order valence-corrected chi connectivity index (χ2v) is 4.49. The smallest absolute Gasteiger partial charge is 0.00326 e. The Morgan fingerprint density at radius 3 is 2.64 bits per heavy atom. The zero-order chi connectivity index (χ0) is 8.32. The van der Waals surface area contributed by atoms with Gasteiger partial charge >= 0.3 is 0 Å². The highest BCUT2D eigenvalue weighted by Crippen LogP contribution is 2.27. The first-order chi connectivity index (χ1) is 5.14. The fourth-order valence-electron chi connectivity index (χ4n) is 1.97. The van der Waals surface area contributed by atoms with Gasteiger partial charge < -0.3 is 4.90 Å². The van der Waals surface area contributed by atoms with Gasteiger partial charge in [0, 0.05) is 6.54 Å². The summed E-state index contributed by atoms with van der Waals surface area (Å²) in [5.74, 6) is 0. The summed E-state index contributed by atoms with van der Waals surface area (Å²) in [5.41, 5.74) is 0.562. The molecule has 1 heteroatoms. The summed E-state index contributed by atoms with van der Waals surface area (Å²) in [7, 11) is 0. The second-order valence-electron chi connectivity index (χ2n) is 4.49. The minimum atomic E-state index is 0.562. The van der Waals surface area contributed by atoms with Crippen LogP contribution in [-0.4, -0.2) is 24.5 Å². The SMILES string of the molecule is CCN1CCCCC(C)(C)C1. The molecule has 11 heavy (non-hydrogen) atoms. The van der Waals surface area contributed by atoms with E-state index in [1.54, 1.807) is 0 Å². The molecule has 0 spiro atoms. The molecule has 0 aromatic carbocycles. The van der Waals surface area contributed by atoms with Gasteiger partial charge in [-0.25, -0.2) is 0 Å². The minimum absolute atomic E-state index is 0.562. The summed E-state index contributed by atoms with van der Waals surface area (Å²) in [6.07, 6.45) is 4.23. The molecule has 0 saturated carbocycles. The van der Waals surface area contributed by atoms with Crippen LogP contribution in [0.1, 0.15) is 40.0 Å². The van der Waals surface area contributed by atoms with Gasteiger partial charge in [0.05, 0.1) is 0 Å². The molecule has 1 rings (SSSR count). The van der Waals surface area contributed by atoms with Crippen LogP contribution in [0, 0.1) is 5.41 Å². The van der Waals surface area contributed by atoms with Crippen molar-refractivity contribution in [2.75, 3.05) is 19.6 Å². The van der Waals surface area contributed by atoms with E-state index in [1.165, 1.54) is 38.9 Å². The maximum absolute atomic E-state index is 2.58. The number of likely N-dealkylation sites (tertiary alicyclic amines) is 1. The van der Waals surface area contributed by atoms with Crippen molar-refractivity contribution in [2.45, 2.75) is 40.0 Å². The highest BCUT2D eigenvalue weighted by Gasteiger charge is 2.23. The predicted octanol–water partition coefficient (Wildman–Crippen LogP) is 2.52. The third-order valence-corrected chi connectivity index (χ3v) is 2.68. The molecule has 0 amide bonds. The Hall–Kier alpha value is -0.0400. The van der Waals surface area contributed by atoms with E-state index in [0.717, 1.165) is 0 Å². The number of rotatable bonds is 1. The first kappa shape index (κ1) is 9.05. The van der Waals surface area contributed by atoms with Crippen LogP contribution in [0.4, 0.5) is 0 Å². The fourth-order valence-corrected chi connectivity index (χ4v) is 1.97. The molecule has 1 fully saturated rings. The highest BCUT2D eigenvalue weighted by atomic mass is 15.1. The van der Waals surface area contributed by atoms with Crippen LogP contribution >= 0.6 is 0 Å². The molecule has 0 N–H and O–H groups in total. The van der Waals surface area contributed by atoms with Gasteiger partial charge in [-0.15, -0.1) is 0 Å². The van der Waals surface area contributed by atoms with Gasteiger partial charge in [-0.3, -0.25) is 0 Å². The van der Waals surface area contributed by atoms with Gasteiger partial charge in [-0.05, 0) is 31.3 Å². The lowest BCUT2D eigenvalue weighted by Crippen LogP contribution is -2.32. The lowest BCUT2D eigenvalue weighted by molar-refractivity contribution is 0.203. The van der Waals surface area contributed by atoms with Crippen LogP contribution < -0.4 is 0 Å². The first-order valence-corrected chi connectivity index (χ1v) is 4.86. The summed E-state index contributed by atoms with van der Waals surface area (Å²) >= 11 is 0. The molecule has 1 aliphatic heterocycles. The van der Waals surface area contributed by atoms with Gasteiger partial charge in [-0.1, -0.05) is 27.2 Å². The van der Waals surface area contributed by atoms with Crippen molar-refractivity contribution >= 4 is 0 Å². The molecule has 1 heterocycles. The van der Waals surface area contributed by atoms with Crippen molar-refractivity contribution in [3.63, 3.8) is 0 Å². The average molecular weight is 155 g/mol. The Kier molecular flexibility index (Phi) is 2.94. The molecule has 1 nitrogen and oxygen atoms in total. The monoisotopic (exact) mass is 155 g/mol. The largest absolute Gasteiger partial charge is 0.303 e. The number of hydrogen-bond donors (Lipinski definition) is 0. The molecule has 0 radical (unpaired) electrons. The lowest BCUT2D eigenvalue weighted by atomic mass is 9.88. The normalized spacial score (nSPS) is 26.5. The van der Waals surface area contributed by atoms with Crippen molar-refractivity contribution in [2.24, 2.45) is 5.41 Å². The second kappa shape index (κ2) is 3.57. The summed E-state index contributed by atoms with van der Waals surface area (Å²) < 4.78 is 0. The summed E-state index contributed by atoms with van der Waals surface area (Å²) in [5, 5.41) is 0. The maximum atomic E-state index is 2.58. The standard InChI is InChI=1S/C10H21N/c1-4-11-8-6-5-7-10(2,3)9-11/h4-9H2,1-3H3. The van der Waals surface area contributed by atoms with Gasteiger partial charge in [0.25, 0.3) is 0 Å². The van der Waals surface area contributed by atoms with Crippen molar-refractivity contribution in [3.8, 4) is 0 Å². The lowest BCUT2D eigenvalue weighted by Gasteiger charge is -2.28. The number of nitrogens with zero attached hydrogens (tertiary/aromatic N) is 1. The topological polar surface area (TPSA) is 3.24 Å². The summed E-state index contributed by atoms with van der Waals surface area (Å²) in [6, 6.07) is 0. The quantitative estimate of drug-likeness (QED) is 0.562. The molecule has 0 aliphatic carbocycles. The van der Waals surface area contributed by atoms with Gasteiger partial charge in [-0.2, -0.15) is 0 Å². The highest BCUT2D eigenvalue weighted by molar-refractivity contribution is 4.76. The van der Waals surface area contributed by atoms with Crippen molar-refractivity contribution < 1.29 is 0 Å². The summed E-state index contributed by atoms with van der Waals surface area (Å²) in [6.45, 7) is 10.9. The first-order valence-electron chi connectivity index (χ1n) is 4.86. The van der Waals surface area contributed by atoms with E-state index in [-0.39, 0.29) is 0 Å². The van der Waals surface area contributed by atoms with E-state index in [4.69, 9.17) is 0 Å². The van der Waals surface area contributed by atoms with Gasteiger partial charge in [0.15, 0.2) is 0 Å². The third-order valence-electron chi connectivity index (χ3n) is 2.68. The predicted molar refractivity (Wildman–Crippen MR) is 49.7 cm³/mol. The third kappa shape index (κ3) is 2.82. The molecule has 0 atom stereocenters. The fraction of sp³-hybridized carbons (Fsp3) is 1.00. The molecular formula is C10H21N. The molecule has 0 aromatic heterocycles. The van der Waals surface area contributed by atoms with E-state index < -0.39 is 0 Å². The van der Waals surface area contributed by atoms with Crippen LogP contribution in [0.2, 0.25) is 0 Å². The van der Waals surface area contributed by atoms with Crippen molar-refractivity contribution in [3.05, 3.63) is 0 Å². The van der Waals surface area contributed by atoms with E-state index in [0.29, 0.717) is 5.41 Å². The molecule has 0 unspecified atom stereocenters. The number of hydrogen-bond acceptors (Lipinski definition) is 1. The van der Waals surface area contributed by atoms with Crippen LogP contribution in [0.25, 0.3) is 0 Å². The van der Waals surface area contributed by atoms with E-state index in [1.807, 2.05) is 0 Å². The Morgan fingerprint density at radius 2 is 2.00 bits per heavy atom. The van der Waals surface area contributed by atoms with Crippen molar-refractivity contribution in [1.82, 2.24) is 4.90 Å². The average Bonchev–Trinajstić information content (AvgIpc) is 2.10. The van der Waals surface area contributed by atoms with E-state index in [2.05, 4.69) is 25.7 Å². The zero-order valence-electron chi connectivity index (χ0n) is 8.19. The Labute approximate surface area is 70.8 Å². The van der Waals surface area contributed by atoms with Crippen LogP contribution in [0.15, 0.2) is 0 Å². The Morgan fingerprint density at radius 1 is 1.27 bits per heavy atom. The molecular weight excluding hydrogens is 134 g/mol. The van der Waals surface area contributed by atoms with Crippen LogP contribution in [0.3, 0.4) is 0 Å². The molecule has 0 bridgehead atoms. The molecule has 1 saturated heterocycles. The summed E-state index contributed by atoms with van der Waals surface area (Å²) in [4.78, 5) is 2.58.